The van der Waals surface area contributed by atoms with Crippen LogP contribution >= 0.6 is 0 Å². The van der Waals surface area contributed by atoms with E-state index in [2.05, 4.69) is 11.9 Å². The zero-order valence-electron chi connectivity index (χ0n) is 8.73. The minimum Gasteiger partial charge on any atom is -0.391 e. The van der Waals surface area contributed by atoms with Gasteiger partial charge < -0.3 is 10.0 Å². The first-order chi connectivity index (χ1) is 7.16. The largest absolute Gasteiger partial charge is 0.391 e. The van der Waals surface area contributed by atoms with Crippen molar-refractivity contribution >= 4 is 5.82 Å². The van der Waals surface area contributed by atoms with Crippen molar-refractivity contribution in [2.45, 2.75) is 19.4 Å². The van der Waals surface area contributed by atoms with E-state index in [1.807, 2.05) is 4.90 Å². The summed E-state index contributed by atoms with van der Waals surface area (Å²) in [5.41, 5.74) is 0. The number of nitrogens with zero attached hydrogens (tertiary/aromatic N) is 2. The lowest BCUT2D eigenvalue weighted by Crippen LogP contribution is -2.43. The number of piperidine rings is 1. The number of hydrogen-bond donors (Lipinski definition) is 1. The lowest BCUT2D eigenvalue weighted by atomic mass is 9.98. The van der Waals surface area contributed by atoms with Gasteiger partial charge in [0.15, 0.2) is 11.6 Å². The van der Waals surface area contributed by atoms with Crippen LogP contribution in [0, 0.1) is 11.7 Å². The molecular formula is C11H15FN2O. The van der Waals surface area contributed by atoms with E-state index >= 15 is 0 Å². The lowest BCUT2D eigenvalue weighted by molar-refractivity contribution is 0.132. The molecule has 4 heteroatoms. The standard InChI is InChI=1S/C11H15FN2O/c1-8-5-9(15)7-14(6-8)11-10(12)3-2-4-13-11/h2-4,8-9,15H,5-7H2,1H3/t8-,9+/m1/s1. The SMILES string of the molecule is C[C@@H]1C[C@H](O)CN(c2ncccc2F)C1. The van der Waals surface area contributed by atoms with E-state index in [-0.39, 0.29) is 11.9 Å². The van der Waals surface area contributed by atoms with Crippen LogP contribution in [-0.2, 0) is 0 Å². The minimum atomic E-state index is -0.379. The van der Waals surface area contributed by atoms with Crippen LogP contribution in [0.4, 0.5) is 10.2 Å². The van der Waals surface area contributed by atoms with E-state index in [4.69, 9.17) is 0 Å². The van der Waals surface area contributed by atoms with Crippen molar-refractivity contribution in [2.24, 2.45) is 5.92 Å². The molecule has 1 fully saturated rings. The molecule has 2 atom stereocenters. The van der Waals surface area contributed by atoms with Gasteiger partial charge in [-0.25, -0.2) is 9.37 Å². The van der Waals surface area contributed by atoms with Gasteiger partial charge in [0.05, 0.1) is 6.10 Å². The number of anilines is 1. The Hall–Kier alpha value is -1.16. The molecule has 15 heavy (non-hydrogen) atoms. The second-order valence-electron chi connectivity index (χ2n) is 4.21. The fourth-order valence-corrected chi connectivity index (χ4v) is 2.10. The van der Waals surface area contributed by atoms with E-state index in [1.54, 1.807) is 12.3 Å². The molecule has 82 valence electrons. The number of hydrogen-bond acceptors (Lipinski definition) is 3. The molecule has 0 amide bonds. The molecule has 1 aromatic heterocycles. The van der Waals surface area contributed by atoms with Gasteiger partial charge in [-0.2, -0.15) is 0 Å². The van der Waals surface area contributed by atoms with E-state index < -0.39 is 0 Å². The second kappa shape index (κ2) is 4.14. The van der Waals surface area contributed by atoms with Crippen LogP contribution < -0.4 is 4.90 Å². The summed E-state index contributed by atoms with van der Waals surface area (Å²) in [6.45, 7) is 3.28. The molecule has 1 N–H and O–H groups in total. The first-order valence-electron chi connectivity index (χ1n) is 5.20. The quantitative estimate of drug-likeness (QED) is 0.761. The van der Waals surface area contributed by atoms with Crippen molar-refractivity contribution in [1.82, 2.24) is 4.98 Å². The molecule has 0 aliphatic carbocycles. The summed E-state index contributed by atoms with van der Waals surface area (Å²) in [5, 5.41) is 9.61. The normalized spacial score (nSPS) is 26.7. The molecule has 1 aliphatic rings. The van der Waals surface area contributed by atoms with Gasteiger partial charge in [-0.3, -0.25) is 0 Å². The highest BCUT2D eigenvalue weighted by atomic mass is 19.1. The summed E-state index contributed by atoms with van der Waals surface area (Å²) in [7, 11) is 0. The van der Waals surface area contributed by atoms with Gasteiger partial charge in [0, 0.05) is 19.3 Å². The summed E-state index contributed by atoms with van der Waals surface area (Å²) < 4.78 is 13.4. The monoisotopic (exact) mass is 210 g/mol. The molecule has 1 saturated heterocycles. The van der Waals surface area contributed by atoms with Gasteiger partial charge >= 0.3 is 0 Å². The number of β-amino-alcohol motifs (C(OH)–C–C–N with tert-alkyl or cyclic N) is 1. The fourth-order valence-electron chi connectivity index (χ4n) is 2.10. The van der Waals surface area contributed by atoms with Gasteiger partial charge in [-0.05, 0) is 24.5 Å². The summed E-state index contributed by atoms with van der Waals surface area (Å²) in [4.78, 5) is 5.82. The molecule has 1 aliphatic heterocycles. The van der Waals surface area contributed by atoms with Gasteiger partial charge in [0.1, 0.15) is 0 Å². The number of aliphatic hydroxyl groups is 1. The van der Waals surface area contributed by atoms with Gasteiger partial charge in [-0.1, -0.05) is 6.92 Å². The van der Waals surface area contributed by atoms with Crippen molar-refractivity contribution in [3.05, 3.63) is 24.1 Å². The molecule has 0 bridgehead atoms. The van der Waals surface area contributed by atoms with E-state index in [0.717, 1.165) is 13.0 Å². The molecule has 3 nitrogen and oxygen atoms in total. The number of rotatable bonds is 1. The Bertz CT molecular complexity index is 335. The minimum absolute atomic E-state index is 0.321. The van der Waals surface area contributed by atoms with Gasteiger partial charge in [0.2, 0.25) is 0 Å². The lowest BCUT2D eigenvalue weighted by Gasteiger charge is -2.34. The van der Waals surface area contributed by atoms with Crippen LogP contribution in [-0.4, -0.2) is 29.3 Å². The van der Waals surface area contributed by atoms with Crippen molar-refractivity contribution in [3.63, 3.8) is 0 Å². The zero-order valence-corrected chi connectivity index (χ0v) is 8.73. The maximum atomic E-state index is 13.4. The summed E-state index contributed by atoms with van der Waals surface area (Å²) >= 11 is 0. The van der Waals surface area contributed by atoms with Crippen molar-refractivity contribution < 1.29 is 9.50 Å². The molecule has 0 aromatic carbocycles. The summed E-state index contributed by atoms with van der Waals surface area (Å²) in [5.74, 6) is 0.400. The topological polar surface area (TPSA) is 36.4 Å². The van der Waals surface area contributed by atoms with Gasteiger partial charge in [0.25, 0.3) is 0 Å². The Balaban J connectivity index is 2.20. The average Bonchev–Trinajstić information content (AvgIpc) is 2.16. The summed E-state index contributed by atoms with van der Waals surface area (Å²) in [6, 6.07) is 2.97. The van der Waals surface area contributed by atoms with E-state index in [9.17, 15) is 9.50 Å². The Morgan fingerprint density at radius 3 is 3.00 bits per heavy atom. The van der Waals surface area contributed by atoms with Crippen LogP contribution in [0.25, 0.3) is 0 Å². The first kappa shape index (κ1) is 10.4. The maximum Gasteiger partial charge on any atom is 0.165 e. The van der Waals surface area contributed by atoms with Crippen LogP contribution in [0.3, 0.4) is 0 Å². The Morgan fingerprint density at radius 1 is 1.53 bits per heavy atom. The average molecular weight is 210 g/mol. The molecule has 2 heterocycles. The third-order valence-corrected chi connectivity index (χ3v) is 2.68. The van der Waals surface area contributed by atoms with Crippen LogP contribution in [0.5, 0.6) is 0 Å². The predicted molar refractivity (Wildman–Crippen MR) is 56.2 cm³/mol. The van der Waals surface area contributed by atoms with Crippen LogP contribution in [0.1, 0.15) is 13.3 Å². The molecular weight excluding hydrogens is 195 g/mol. The number of aliphatic hydroxyl groups excluding tert-OH is 1. The van der Waals surface area contributed by atoms with E-state index in [0.29, 0.717) is 18.3 Å². The van der Waals surface area contributed by atoms with Crippen LogP contribution in [0.15, 0.2) is 18.3 Å². The predicted octanol–water partition coefficient (Wildman–Crippen LogP) is 1.43. The van der Waals surface area contributed by atoms with Crippen LogP contribution in [0.2, 0.25) is 0 Å². The third-order valence-electron chi connectivity index (χ3n) is 2.68. The molecule has 1 aromatic rings. The van der Waals surface area contributed by atoms with Crippen molar-refractivity contribution in [2.75, 3.05) is 18.0 Å². The molecule has 0 saturated carbocycles. The molecule has 0 spiro atoms. The molecule has 0 unspecified atom stereocenters. The number of pyridine rings is 1. The third kappa shape index (κ3) is 2.26. The number of aromatic nitrogens is 1. The van der Waals surface area contributed by atoms with Crippen molar-refractivity contribution in [3.8, 4) is 0 Å². The Kier molecular flexibility index (Phi) is 2.86. The van der Waals surface area contributed by atoms with Crippen molar-refractivity contribution in [1.29, 1.82) is 0 Å². The highest BCUT2D eigenvalue weighted by Crippen LogP contribution is 2.23. The summed E-state index contributed by atoms with van der Waals surface area (Å²) in [6.07, 6.45) is 1.98. The molecule has 0 radical (unpaired) electrons. The fraction of sp³-hybridized carbons (Fsp3) is 0.545. The Morgan fingerprint density at radius 2 is 2.33 bits per heavy atom. The first-order valence-corrected chi connectivity index (χ1v) is 5.20. The zero-order chi connectivity index (χ0) is 10.8. The maximum absolute atomic E-state index is 13.4. The second-order valence-corrected chi connectivity index (χ2v) is 4.21. The highest BCUT2D eigenvalue weighted by Gasteiger charge is 2.25. The van der Waals surface area contributed by atoms with Gasteiger partial charge in [-0.15, -0.1) is 0 Å². The molecule has 2 rings (SSSR count). The Labute approximate surface area is 88.6 Å². The highest BCUT2D eigenvalue weighted by molar-refractivity contribution is 5.40. The number of halogens is 1. The van der Waals surface area contributed by atoms with E-state index in [1.165, 1.54) is 6.07 Å². The smallest absolute Gasteiger partial charge is 0.165 e.